The predicted octanol–water partition coefficient (Wildman–Crippen LogP) is 2.47. The van der Waals surface area contributed by atoms with Crippen LogP contribution in [0.25, 0.3) is 0 Å². The van der Waals surface area contributed by atoms with Crippen molar-refractivity contribution in [3.05, 3.63) is 70.2 Å². The summed E-state index contributed by atoms with van der Waals surface area (Å²) in [7, 11) is 0. The van der Waals surface area contributed by atoms with Crippen LogP contribution >= 0.6 is 11.6 Å². The number of nitrogens with zero attached hydrogens (tertiary/aromatic N) is 2. The van der Waals surface area contributed by atoms with Gasteiger partial charge in [-0.1, -0.05) is 35.9 Å². The van der Waals surface area contributed by atoms with E-state index in [0.717, 1.165) is 30.2 Å². The highest BCUT2D eigenvalue weighted by atomic mass is 35.5. The van der Waals surface area contributed by atoms with E-state index in [1.165, 1.54) is 5.56 Å². The van der Waals surface area contributed by atoms with Gasteiger partial charge in [0.05, 0.1) is 0 Å². The number of hydrogen-bond donors (Lipinski definition) is 2. The Hall–Kier alpha value is -2.57. The molecule has 1 saturated heterocycles. The molecule has 1 heterocycles. The van der Waals surface area contributed by atoms with Crippen molar-refractivity contribution in [2.75, 3.05) is 26.2 Å². The number of urea groups is 1. The third-order valence-electron chi connectivity index (χ3n) is 4.65. The average Bonchev–Trinajstić information content (AvgIpc) is 2.68. The molecule has 7 heteroatoms. The molecule has 0 spiro atoms. The molecule has 0 bridgehead atoms. The van der Waals surface area contributed by atoms with E-state index in [0.29, 0.717) is 25.2 Å². The van der Waals surface area contributed by atoms with Crippen LogP contribution in [0.1, 0.15) is 21.5 Å². The quantitative estimate of drug-likeness (QED) is 0.828. The lowest BCUT2D eigenvalue weighted by Crippen LogP contribution is -2.48. The predicted molar refractivity (Wildman–Crippen MR) is 105 cm³/mol. The Bertz CT molecular complexity index is 785. The first kappa shape index (κ1) is 19.2. The van der Waals surface area contributed by atoms with Gasteiger partial charge in [-0.05, 0) is 35.4 Å². The number of nitrogens with one attached hydrogen (secondary N) is 1. The summed E-state index contributed by atoms with van der Waals surface area (Å²) in [6.45, 7) is 4.31. The van der Waals surface area contributed by atoms with Gasteiger partial charge in [-0.25, -0.2) is 4.79 Å². The fourth-order valence-electron chi connectivity index (χ4n) is 3.09. The summed E-state index contributed by atoms with van der Waals surface area (Å²) in [5.74, 6) is 0.0375. The van der Waals surface area contributed by atoms with E-state index in [2.05, 4.69) is 10.2 Å². The number of piperazine rings is 1. The zero-order valence-corrected chi connectivity index (χ0v) is 15.8. The van der Waals surface area contributed by atoms with Gasteiger partial charge in [-0.2, -0.15) is 0 Å². The summed E-state index contributed by atoms with van der Waals surface area (Å²) in [4.78, 5) is 27.7. The molecule has 3 N–H and O–H groups in total. The number of nitrogens with two attached hydrogens (primary N) is 1. The number of halogens is 1. The maximum atomic E-state index is 12.7. The Labute approximate surface area is 163 Å². The highest BCUT2D eigenvalue weighted by Gasteiger charge is 2.22. The van der Waals surface area contributed by atoms with Gasteiger partial charge in [0.25, 0.3) is 5.91 Å². The molecule has 6 nitrogen and oxygen atoms in total. The van der Waals surface area contributed by atoms with Crippen LogP contribution in [0.2, 0.25) is 5.02 Å². The number of amides is 3. The fraction of sp³-hybridized carbons (Fsp3) is 0.300. The average molecular weight is 387 g/mol. The van der Waals surface area contributed by atoms with Crippen molar-refractivity contribution in [3.63, 3.8) is 0 Å². The maximum Gasteiger partial charge on any atom is 0.312 e. The van der Waals surface area contributed by atoms with Crippen LogP contribution in [0.15, 0.2) is 48.5 Å². The molecule has 27 heavy (non-hydrogen) atoms. The highest BCUT2D eigenvalue weighted by Crippen LogP contribution is 2.14. The summed E-state index contributed by atoms with van der Waals surface area (Å²) < 4.78 is 0. The van der Waals surface area contributed by atoms with E-state index in [1.807, 2.05) is 41.3 Å². The van der Waals surface area contributed by atoms with Gasteiger partial charge in [0.1, 0.15) is 0 Å². The Balaban J connectivity index is 1.50. The lowest BCUT2D eigenvalue weighted by Gasteiger charge is -2.34. The molecule has 0 unspecified atom stereocenters. The summed E-state index contributed by atoms with van der Waals surface area (Å²) in [6.07, 6.45) is 0. The lowest BCUT2D eigenvalue weighted by atomic mass is 10.1. The molecule has 3 amide bonds. The van der Waals surface area contributed by atoms with Gasteiger partial charge in [-0.15, -0.1) is 0 Å². The first-order valence-corrected chi connectivity index (χ1v) is 9.27. The number of rotatable bonds is 5. The third kappa shape index (κ3) is 5.45. The Morgan fingerprint density at radius 1 is 0.926 bits per heavy atom. The largest absolute Gasteiger partial charge is 0.352 e. The van der Waals surface area contributed by atoms with Crippen LogP contribution in [0, 0.1) is 0 Å². The van der Waals surface area contributed by atoms with Crippen molar-refractivity contribution in [2.24, 2.45) is 5.73 Å². The maximum absolute atomic E-state index is 12.7. The second-order valence-corrected chi connectivity index (χ2v) is 7.05. The Morgan fingerprint density at radius 2 is 1.52 bits per heavy atom. The fourth-order valence-corrected chi connectivity index (χ4v) is 3.22. The number of carbonyl (C=O) groups excluding carboxylic acids is 2. The zero-order valence-electron chi connectivity index (χ0n) is 15.0. The third-order valence-corrected chi connectivity index (χ3v) is 4.90. The van der Waals surface area contributed by atoms with Crippen LogP contribution in [0.4, 0.5) is 4.79 Å². The number of benzene rings is 2. The minimum absolute atomic E-state index is 0.0375. The standard InChI is InChI=1S/C20H23ClN4O2/c21-18-7-3-16(4-8-18)14-24-9-11-25(12-10-24)19(26)17-5-1-15(2-6-17)13-23-20(22)27/h1-8H,9-14H2,(H3,22,23,27). The molecular weight excluding hydrogens is 364 g/mol. The Kier molecular flexibility index (Phi) is 6.32. The van der Waals surface area contributed by atoms with E-state index in [1.54, 1.807) is 12.1 Å². The zero-order chi connectivity index (χ0) is 19.2. The van der Waals surface area contributed by atoms with E-state index in [4.69, 9.17) is 17.3 Å². The van der Waals surface area contributed by atoms with E-state index in [9.17, 15) is 9.59 Å². The summed E-state index contributed by atoms with van der Waals surface area (Å²) in [6, 6.07) is 14.6. The van der Waals surface area contributed by atoms with E-state index < -0.39 is 6.03 Å². The smallest absolute Gasteiger partial charge is 0.312 e. The van der Waals surface area contributed by atoms with Crippen LogP contribution in [0.5, 0.6) is 0 Å². The SMILES string of the molecule is NC(=O)NCc1ccc(C(=O)N2CCN(Cc3ccc(Cl)cc3)CC2)cc1. The van der Waals surface area contributed by atoms with E-state index in [-0.39, 0.29) is 5.91 Å². The summed E-state index contributed by atoms with van der Waals surface area (Å²) >= 11 is 5.93. The first-order valence-electron chi connectivity index (χ1n) is 8.89. The second-order valence-electron chi connectivity index (χ2n) is 6.61. The van der Waals surface area contributed by atoms with E-state index >= 15 is 0 Å². The van der Waals surface area contributed by atoms with Gasteiger partial charge in [0.15, 0.2) is 0 Å². The van der Waals surface area contributed by atoms with Gasteiger partial charge in [-0.3, -0.25) is 9.69 Å². The number of carbonyl (C=O) groups is 2. The van der Waals surface area contributed by atoms with Gasteiger partial charge in [0.2, 0.25) is 0 Å². The molecule has 1 fully saturated rings. The molecule has 1 aliphatic rings. The highest BCUT2D eigenvalue weighted by molar-refractivity contribution is 6.30. The molecule has 3 rings (SSSR count). The normalized spacial score (nSPS) is 14.8. The molecule has 0 saturated carbocycles. The summed E-state index contributed by atoms with van der Waals surface area (Å²) in [5.41, 5.74) is 7.84. The molecule has 2 aromatic rings. The van der Waals surface area contributed by atoms with Crippen molar-refractivity contribution in [1.29, 1.82) is 0 Å². The van der Waals surface area contributed by atoms with Gasteiger partial charge >= 0.3 is 6.03 Å². The lowest BCUT2D eigenvalue weighted by molar-refractivity contribution is 0.0628. The molecule has 142 valence electrons. The van der Waals surface area contributed by atoms with Crippen molar-refractivity contribution < 1.29 is 9.59 Å². The summed E-state index contributed by atoms with van der Waals surface area (Å²) in [5, 5.41) is 3.27. The van der Waals surface area contributed by atoms with Crippen LogP contribution in [0.3, 0.4) is 0 Å². The van der Waals surface area contributed by atoms with Gasteiger partial charge in [0, 0.05) is 49.9 Å². The van der Waals surface area contributed by atoms with Crippen LogP contribution < -0.4 is 11.1 Å². The molecule has 0 radical (unpaired) electrons. The minimum atomic E-state index is -0.563. The van der Waals surface area contributed by atoms with Crippen LogP contribution in [-0.4, -0.2) is 47.9 Å². The molecule has 0 atom stereocenters. The molecule has 0 aliphatic carbocycles. The second kappa shape index (κ2) is 8.88. The topological polar surface area (TPSA) is 78.7 Å². The van der Waals surface area contributed by atoms with Crippen molar-refractivity contribution in [2.45, 2.75) is 13.1 Å². The monoisotopic (exact) mass is 386 g/mol. The number of primary amides is 1. The van der Waals surface area contributed by atoms with Crippen molar-refractivity contribution in [1.82, 2.24) is 15.1 Å². The Morgan fingerprint density at radius 3 is 2.11 bits per heavy atom. The molecular formula is C20H23ClN4O2. The van der Waals surface area contributed by atoms with Crippen molar-refractivity contribution >= 4 is 23.5 Å². The molecule has 2 aromatic carbocycles. The van der Waals surface area contributed by atoms with Crippen LogP contribution in [-0.2, 0) is 13.1 Å². The van der Waals surface area contributed by atoms with Crippen molar-refractivity contribution in [3.8, 4) is 0 Å². The minimum Gasteiger partial charge on any atom is -0.352 e. The molecule has 1 aliphatic heterocycles. The number of hydrogen-bond acceptors (Lipinski definition) is 3. The first-order chi connectivity index (χ1) is 13.0. The molecule has 0 aromatic heterocycles. The van der Waals surface area contributed by atoms with Gasteiger partial charge < -0.3 is 16.0 Å².